The normalized spacial score (nSPS) is 17.5. The molecule has 1 fully saturated rings. The standard InChI is InChI=1S/C19H30N2O3/c1-15(21-11-7-5-4-6-8-12-21)19(22)20-14-16-9-10-17(23-2)18(13-16)24-3/h9-10,13,15H,4-8,11-12,14H2,1-3H3,(H,20,22)/p+1/t15-/m0/s1. The van der Waals surface area contributed by atoms with Crippen LogP contribution in [-0.4, -0.2) is 39.3 Å². The zero-order valence-electron chi connectivity index (χ0n) is 15.2. The SMILES string of the molecule is COc1ccc(CNC(=O)[C@H](C)[NH+]2CCCCCCC2)cc1OC. The molecule has 0 bridgehead atoms. The molecule has 1 amide bonds. The lowest BCUT2D eigenvalue weighted by atomic mass is 10.1. The fraction of sp³-hybridized carbons (Fsp3) is 0.632. The average molecular weight is 335 g/mol. The third kappa shape index (κ3) is 5.13. The highest BCUT2D eigenvalue weighted by atomic mass is 16.5. The van der Waals surface area contributed by atoms with E-state index in [-0.39, 0.29) is 11.9 Å². The molecule has 0 spiro atoms. The number of nitrogens with one attached hydrogen (secondary N) is 2. The van der Waals surface area contributed by atoms with Gasteiger partial charge >= 0.3 is 0 Å². The van der Waals surface area contributed by atoms with Crippen LogP contribution in [0.4, 0.5) is 0 Å². The van der Waals surface area contributed by atoms with E-state index in [0.29, 0.717) is 18.0 Å². The average Bonchev–Trinajstić information content (AvgIpc) is 2.58. The molecule has 2 rings (SSSR count). The van der Waals surface area contributed by atoms with E-state index in [1.165, 1.54) is 37.0 Å². The Morgan fingerprint density at radius 2 is 1.71 bits per heavy atom. The molecule has 0 radical (unpaired) electrons. The van der Waals surface area contributed by atoms with Gasteiger partial charge in [0.05, 0.1) is 27.3 Å². The van der Waals surface area contributed by atoms with Crippen LogP contribution in [0.25, 0.3) is 0 Å². The van der Waals surface area contributed by atoms with E-state index in [0.717, 1.165) is 18.7 Å². The first-order valence-corrected chi connectivity index (χ1v) is 8.99. The molecule has 0 saturated carbocycles. The molecule has 134 valence electrons. The molecular formula is C19H31N2O3+. The second kappa shape index (κ2) is 9.52. The Morgan fingerprint density at radius 1 is 1.08 bits per heavy atom. The number of methoxy groups -OCH3 is 2. The van der Waals surface area contributed by atoms with Crippen molar-refractivity contribution in [1.29, 1.82) is 0 Å². The predicted molar refractivity (Wildman–Crippen MR) is 94.6 cm³/mol. The van der Waals surface area contributed by atoms with Crippen LogP contribution in [0.1, 0.15) is 44.6 Å². The van der Waals surface area contributed by atoms with Gasteiger partial charge in [-0.05, 0) is 50.3 Å². The van der Waals surface area contributed by atoms with E-state index in [1.807, 2.05) is 25.1 Å². The second-order valence-electron chi connectivity index (χ2n) is 6.55. The second-order valence-corrected chi connectivity index (χ2v) is 6.55. The van der Waals surface area contributed by atoms with Gasteiger partial charge in [-0.2, -0.15) is 0 Å². The summed E-state index contributed by atoms with van der Waals surface area (Å²) in [5.74, 6) is 1.51. The van der Waals surface area contributed by atoms with Crippen molar-refractivity contribution in [3.05, 3.63) is 23.8 Å². The molecule has 2 N–H and O–H groups in total. The Labute approximate surface area is 145 Å². The third-order valence-corrected chi connectivity index (χ3v) is 4.92. The van der Waals surface area contributed by atoms with Gasteiger partial charge in [0, 0.05) is 6.54 Å². The van der Waals surface area contributed by atoms with Crippen molar-refractivity contribution < 1.29 is 19.2 Å². The fourth-order valence-corrected chi connectivity index (χ4v) is 3.31. The largest absolute Gasteiger partial charge is 0.493 e. The molecule has 24 heavy (non-hydrogen) atoms. The van der Waals surface area contributed by atoms with Crippen molar-refractivity contribution in [2.75, 3.05) is 27.3 Å². The van der Waals surface area contributed by atoms with E-state index >= 15 is 0 Å². The van der Waals surface area contributed by atoms with Crippen LogP contribution in [0.2, 0.25) is 0 Å². The van der Waals surface area contributed by atoms with Crippen LogP contribution in [0.5, 0.6) is 11.5 Å². The smallest absolute Gasteiger partial charge is 0.278 e. The molecule has 0 unspecified atom stereocenters. The minimum atomic E-state index is 0.00300. The number of benzene rings is 1. The van der Waals surface area contributed by atoms with E-state index in [9.17, 15) is 4.79 Å². The first-order chi connectivity index (χ1) is 11.7. The third-order valence-electron chi connectivity index (χ3n) is 4.92. The van der Waals surface area contributed by atoms with Crippen molar-refractivity contribution in [2.24, 2.45) is 0 Å². The Balaban J connectivity index is 1.89. The summed E-state index contributed by atoms with van der Waals surface area (Å²) in [7, 11) is 3.24. The summed E-state index contributed by atoms with van der Waals surface area (Å²) in [6.07, 6.45) is 6.38. The molecule has 1 heterocycles. The van der Waals surface area contributed by atoms with Crippen LogP contribution < -0.4 is 19.7 Å². The Hall–Kier alpha value is -1.75. The van der Waals surface area contributed by atoms with Gasteiger partial charge in [-0.25, -0.2) is 0 Å². The molecule has 0 aromatic heterocycles. The molecular weight excluding hydrogens is 304 g/mol. The number of quaternary nitrogens is 1. The molecule has 1 aromatic carbocycles. The summed E-state index contributed by atoms with van der Waals surface area (Å²) in [5.41, 5.74) is 1.01. The minimum absolute atomic E-state index is 0.00300. The quantitative estimate of drug-likeness (QED) is 0.829. The number of hydrogen-bond acceptors (Lipinski definition) is 3. The van der Waals surface area contributed by atoms with Gasteiger partial charge in [0.15, 0.2) is 17.5 Å². The number of carbonyl (C=O) groups is 1. The van der Waals surface area contributed by atoms with Gasteiger partial charge in [0.1, 0.15) is 0 Å². The van der Waals surface area contributed by atoms with E-state index in [2.05, 4.69) is 5.32 Å². The van der Waals surface area contributed by atoms with Crippen LogP contribution in [0, 0.1) is 0 Å². The summed E-state index contributed by atoms with van der Waals surface area (Å²) in [5, 5.41) is 3.06. The van der Waals surface area contributed by atoms with Gasteiger partial charge in [-0.3, -0.25) is 4.79 Å². The lowest BCUT2D eigenvalue weighted by Gasteiger charge is -2.27. The Bertz CT molecular complexity index is 525. The van der Waals surface area contributed by atoms with Gasteiger partial charge in [-0.15, -0.1) is 0 Å². The molecule has 1 aliphatic heterocycles. The van der Waals surface area contributed by atoms with E-state index in [1.54, 1.807) is 14.2 Å². The van der Waals surface area contributed by atoms with Gasteiger partial charge in [0.25, 0.3) is 5.91 Å². The molecule has 1 aromatic rings. The summed E-state index contributed by atoms with van der Waals surface area (Å²) in [4.78, 5) is 13.9. The first-order valence-electron chi connectivity index (χ1n) is 8.99. The van der Waals surface area contributed by atoms with Crippen molar-refractivity contribution in [2.45, 2.75) is 51.6 Å². The number of carbonyl (C=O) groups excluding carboxylic acids is 1. The molecule has 1 saturated heterocycles. The molecule has 5 nitrogen and oxygen atoms in total. The molecule has 5 heteroatoms. The monoisotopic (exact) mass is 335 g/mol. The van der Waals surface area contributed by atoms with Crippen molar-refractivity contribution in [1.82, 2.24) is 5.32 Å². The predicted octanol–water partition coefficient (Wildman–Crippen LogP) is 1.56. The highest BCUT2D eigenvalue weighted by Crippen LogP contribution is 2.27. The number of rotatable bonds is 6. The molecule has 0 aliphatic carbocycles. The summed E-state index contributed by atoms with van der Waals surface area (Å²) >= 11 is 0. The van der Waals surface area contributed by atoms with Crippen LogP contribution in [-0.2, 0) is 11.3 Å². The van der Waals surface area contributed by atoms with Gasteiger partial charge in [-0.1, -0.05) is 12.5 Å². The number of likely N-dealkylation sites (tertiary alicyclic amines) is 1. The number of hydrogen-bond donors (Lipinski definition) is 2. The Morgan fingerprint density at radius 3 is 2.33 bits per heavy atom. The fourth-order valence-electron chi connectivity index (χ4n) is 3.31. The van der Waals surface area contributed by atoms with Crippen molar-refractivity contribution >= 4 is 5.91 Å². The maximum absolute atomic E-state index is 12.5. The topological polar surface area (TPSA) is 52.0 Å². The molecule has 1 atom stereocenters. The number of amides is 1. The minimum Gasteiger partial charge on any atom is -0.493 e. The van der Waals surface area contributed by atoms with Crippen molar-refractivity contribution in [3.63, 3.8) is 0 Å². The highest BCUT2D eigenvalue weighted by Gasteiger charge is 2.25. The van der Waals surface area contributed by atoms with Crippen LogP contribution >= 0.6 is 0 Å². The van der Waals surface area contributed by atoms with Crippen molar-refractivity contribution in [3.8, 4) is 11.5 Å². The maximum atomic E-state index is 12.5. The highest BCUT2D eigenvalue weighted by molar-refractivity contribution is 5.79. The lowest BCUT2D eigenvalue weighted by Crippen LogP contribution is -3.16. The van der Waals surface area contributed by atoms with Crippen LogP contribution in [0.3, 0.4) is 0 Å². The van der Waals surface area contributed by atoms with E-state index < -0.39 is 0 Å². The van der Waals surface area contributed by atoms with E-state index in [4.69, 9.17) is 9.47 Å². The van der Waals surface area contributed by atoms with Gasteiger partial charge < -0.3 is 19.7 Å². The van der Waals surface area contributed by atoms with Gasteiger partial charge in [0.2, 0.25) is 0 Å². The lowest BCUT2D eigenvalue weighted by molar-refractivity contribution is -0.915. The maximum Gasteiger partial charge on any atom is 0.278 e. The zero-order chi connectivity index (χ0) is 17.4. The first kappa shape index (κ1) is 18.6. The summed E-state index contributed by atoms with van der Waals surface area (Å²) < 4.78 is 10.6. The zero-order valence-corrected chi connectivity index (χ0v) is 15.2. The Kier molecular flexibility index (Phi) is 7.37. The summed E-state index contributed by atoms with van der Waals surface area (Å²) in [6, 6.07) is 5.73. The summed E-state index contributed by atoms with van der Waals surface area (Å²) in [6.45, 7) is 4.76. The molecule has 1 aliphatic rings. The van der Waals surface area contributed by atoms with Crippen LogP contribution in [0.15, 0.2) is 18.2 Å². The number of ether oxygens (including phenoxy) is 2.